The molecular weight excluding hydrogens is 308 g/mol. The van der Waals surface area contributed by atoms with E-state index in [1.807, 2.05) is 44.3 Å². The van der Waals surface area contributed by atoms with Gasteiger partial charge in [0.05, 0.1) is 12.9 Å². The van der Waals surface area contributed by atoms with E-state index in [-0.39, 0.29) is 11.8 Å². The summed E-state index contributed by atoms with van der Waals surface area (Å²) >= 11 is 0. The highest BCUT2D eigenvalue weighted by atomic mass is 16.5. The SMILES string of the molecule is CCOCCOC(=NC(=O)c1ccco1)N(C)Cc1ccccc1. The number of hydrogen-bond acceptors (Lipinski definition) is 4. The summed E-state index contributed by atoms with van der Waals surface area (Å²) in [5.74, 6) is -0.305. The molecule has 0 unspecified atom stereocenters. The van der Waals surface area contributed by atoms with Crippen molar-refractivity contribution in [2.24, 2.45) is 4.99 Å². The lowest BCUT2D eigenvalue weighted by molar-refractivity contribution is 0.0914. The topological polar surface area (TPSA) is 64.3 Å². The van der Waals surface area contributed by atoms with Crippen molar-refractivity contribution in [3.8, 4) is 0 Å². The van der Waals surface area contributed by atoms with E-state index in [2.05, 4.69) is 4.99 Å². The van der Waals surface area contributed by atoms with Crippen LogP contribution in [0.1, 0.15) is 23.0 Å². The number of rotatable bonds is 7. The molecule has 1 aromatic heterocycles. The minimum absolute atomic E-state index is 0.175. The molecule has 0 saturated carbocycles. The van der Waals surface area contributed by atoms with Crippen molar-refractivity contribution < 1.29 is 18.7 Å². The van der Waals surface area contributed by atoms with Crippen molar-refractivity contribution in [2.45, 2.75) is 13.5 Å². The Balaban J connectivity index is 2.07. The van der Waals surface area contributed by atoms with Gasteiger partial charge in [0, 0.05) is 20.2 Å². The summed E-state index contributed by atoms with van der Waals surface area (Å²) in [4.78, 5) is 18.0. The smallest absolute Gasteiger partial charge is 0.317 e. The molecule has 0 aliphatic rings. The first-order chi connectivity index (χ1) is 11.7. The van der Waals surface area contributed by atoms with Crippen LogP contribution >= 0.6 is 0 Å². The Bertz CT molecular complexity index is 638. The van der Waals surface area contributed by atoms with Crippen LogP contribution in [0.25, 0.3) is 0 Å². The van der Waals surface area contributed by atoms with Crippen LogP contribution in [0.15, 0.2) is 58.1 Å². The van der Waals surface area contributed by atoms with Gasteiger partial charge >= 0.3 is 5.91 Å². The van der Waals surface area contributed by atoms with E-state index in [0.29, 0.717) is 26.4 Å². The van der Waals surface area contributed by atoms with Gasteiger partial charge in [-0.15, -0.1) is 0 Å². The number of amidine groups is 1. The Kier molecular flexibility index (Phi) is 7.04. The molecule has 2 aromatic rings. The zero-order valence-electron chi connectivity index (χ0n) is 14.0. The number of amides is 1. The van der Waals surface area contributed by atoms with Gasteiger partial charge in [0.15, 0.2) is 5.76 Å². The fourth-order valence-corrected chi connectivity index (χ4v) is 2.03. The molecule has 6 heteroatoms. The average molecular weight is 330 g/mol. The maximum absolute atomic E-state index is 12.1. The van der Waals surface area contributed by atoms with Gasteiger partial charge in [0.25, 0.3) is 6.02 Å². The summed E-state index contributed by atoms with van der Waals surface area (Å²) < 4.78 is 16.0. The van der Waals surface area contributed by atoms with Gasteiger partial charge in [0.2, 0.25) is 0 Å². The maximum Gasteiger partial charge on any atom is 0.317 e. The highest BCUT2D eigenvalue weighted by molar-refractivity contribution is 5.99. The molecule has 2 rings (SSSR count). The number of benzene rings is 1. The summed E-state index contributed by atoms with van der Waals surface area (Å²) in [6.07, 6.45) is 1.44. The molecule has 0 radical (unpaired) electrons. The van der Waals surface area contributed by atoms with Gasteiger partial charge in [-0.1, -0.05) is 30.3 Å². The van der Waals surface area contributed by atoms with Gasteiger partial charge in [-0.2, -0.15) is 4.99 Å². The molecule has 0 aliphatic heterocycles. The Morgan fingerprint density at radius 2 is 1.96 bits per heavy atom. The Hall–Kier alpha value is -2.60. The van der Waals surface area contributed by atoms with E-state index in [0.717, 1.165) is 5.56 Å². The minimum Gasteiger partial charge on any atom is -0.462 e. The number of carbonyl (C=O) groups is 1. The molecule has 24 heavy (non-hydrogen) atoms. The maximum atomic E-state index is 12.1. The number of ether oxygens (including phenoxy) is 2. The molecule has 0 bridgehead atoms. The second-order valence-electron chi connectivity index (χ2n) is 5.06. The summed E-state index contributed by atoms with van der Waals surface area (Å²) in [5, 5.41) is 0. The second kappa shape index (κ2) is 9.52. The Morgan fingerprint density at radius 3 is 2.62 bits per heavy atom. The van der Waals surface area contributed by atoms with Gasteiger partial charge in [-0.3, -0.25) is 4.79 Å². The zero-order chi connectivity index (χ0) is 17.2. The van der Waals surface area contributed by atoms with E-state index in [1.165, 1.54) is 6.26 Å². The summed E-state index contributed by atoms with van der Waals surface area (Å²) in [7, 11) is 1.82. The van der Waals surface area contributed by atoms with Crippen LogP contribution in [0.3, 0.4) is 0 Å². The van der Waals surface area contributed by atoms with Gasteiger partial charge in [-0.05, 0) is 24.6 Å². The highest BCUT2D eigenvalue weighted by Crippen LogP contribution is 2.07. The van der Waals surface area contributed by atoms with E-state index in [1.54, 1.807) is 17.0 Å². The van der Waals surface area contributed by atoms with E-state index >= 15 is 0 Å². The van der Waals surface area contributed by atoms with E-state index in [4.69, 9.17) is 13.9 Å². The molecule has 0 N–H and O–H groups in total. The lowest BCUT2D eigenvalue weighted by Crippen LogP contribution is -2.30. The number of hydrogen-bond donors (Lipinski definition) is 0. The monoisotopic (exact) mass is 330 g/mol. The molecule has 0 fully saturated rings. The van der Waals surface area contributed by atoms with E-state index < -0.39 is 5.91 Å². The van der Waals surface area contributed by atoms with Crippen molar-refractivity contribution in [1.29, 1.82) is 0 Å². The normalized spacial score (nSPS) is 11.3. The predicted molar refractivity (Wildman–Crippen MR) is 90.8 cm³/mol. The molecule has 1 aromatic carbocycles. The van der Waals surface area contributed by atoms with Crippen LogP contribution in [0.2, 0.25) is 0 Å². The third-order valence-corrected chi connectivity index (χ3v) is 3.18. The number of aliphatic imine (C=N–C) groups is 1. The third-order valence-electron chi connectivity index (χ3n) is 3.18. The van der Waals surface area contributed by atoms with Gasteiger partial charge in [0.1, 0.15) is 6.61 Å². The predicted octanol–water partition coefficient (Wildman–Crippen LogP) is 2.96. The first-order valence-electron chi connectivity index (χ1n) is 7.83. The summed E-state index contributed by atoms with van der Waals surface area (Å²) in [5.41, 5.74) is 1.09. The second-order valence-corrected chi connectivity index (χ2v) is 5.06. The fraction of sp³-hybridized carbons (Fsp3) is 0.333. The molecule has 1 amide bonds. The highest BCUT2D eigenvalue weighted by Gasteiger charge is 2.14. The van der Waals surface area contributed by atoms with Crippen LogP contribution < -0.4 is 0 Å². The molecule has 1 heterocycles. The Morgan fingerprint density at radius 1 is 1.17 bits per heavy atom. The molecule has 0 spiro atoms. The molecule has 0 aliphatic carbocycles. The van der Waals surface area contributed by atoms with Crippen molar-refractivity contribution in [3.05, 3.63) is 60.1 Å². The number of carbonyl (C=O) groups excluding carboxylic acids is 1. The van der Waals surface area contributed by atoms with Crippen LogP contribution in [-0.2, 0) is 16.0 Å². The van der Waals surface area contributed by atoms with Crippen molar-refractivity contribution in [1.82, 2.24) is 4.90 Å². The van der Waals surface area contributed by atoms with Crippen LogP contribution in [-0.4, -0.2) is 43.7 Å². The van der Waals surface area contributed by atoms with Crippen molar-refractivity contribution in [3.63, 3.8) is 0 Å². The lowest BCUT2D eigenvalue weighted by Gasteiger charge is -2.21. The largest absolute Gasteiger partial charge is 0.462 e. The van der Waals surface area contributed by atoms with Crippen LogP contribution in [0.5, 0.6) is 0 Å². The fourth-order valence-electron chi connectivity index (χ4n) is 2.03. The molecular formula is C18H22N2O4. The van der Waals surface area contributed by atoms with Crippen molar-refractivity contribution >= 4 is 11.9 Å². The minimum atomic E-state index is -0.480. The number of furan rings is 1. The molecule has 128 valence electrons. The summed E-state index contributed by atoms with van der Waals surface area (Å²) in [6, 6.07) is 13.3. The standard InChI is InChI=1S/C18H22N2O4/c1-3-22-12-13-24-18(19-17(21)16-10-7-11-23-16)20(2)14-15-8-5-4-6-9-15/h4-11H,3,12-14H2,1-2H3. The first-order valence-corrected chi connectivity index (χ1v) is 7.83. The zero-order valence-corrected chi connectivity index (χ0v) is 14.0. The van der Waals surface area contributed by atoms with Crippen LogP contribution in [0, 0.1) is 0 Å². The molecule has 6 nitrogen and oxygen atoms in total. The summed E-state index contributed by atoms with van der Waals surface area (Å²) in [6.45, 7) is 3.85. The third kappa shape index (κ3) is 5.55. The van der Waals surface area contributed by atoms with Crippen LogP contribution in [0.4, 0.5) is 0 Å². The van der Waals surface area contributed by atoms with Gasteiger partial charge < -0.3 is 18.8 Å². The average Bonchev–Trinajstić information content (AvgIpc) is 3.13. The quantitative estimate of drug-likeness (QED) is 0.444. The number of nitrogens with zero attached hydrogens (tertiary/aromatic N) is 2. The Labute approximate surface area is 141 Å². The van der Waals surface area contributed by atoms with Crippen molar-refractivity contribution in [2.75, 3.05) is 26.9 Å². The molecule has 0 saturated heterocycles. The van der Waals surface area contributed by atoms with Gasteiger partial charge in [-0.25, -0.2) is 0 Å². The lowest BCUT2D eigenvalue weighted by atomic mass is 10.2. The van der Waals surface area contributed by atoms with E-state index in [9.17, 15) is 4.79 Å². The molecule has 0 atom stereocenters. The first kappa shape index (κ1) is 17.7.